The molecule has 5 atom stereocenters. The van der Waals surface area contributed by atoms with E-state index in [4.69, 9.17) is 4.42 Å². The van der Waals surface area contributed by atoms with Crippen LogP contribution in [0, 0.1) is 23.7 Å². The zero-order valence-corrected chi connectivity index (χ0v) is 29.8. The predicted molar refractivity (Wildman–Crippen MR) is 213 cm³/mol. The lowest BCUT2D eigenvalue weighted by Crippen LogP contribution is -2.22. The Bertz CT molecular complexity index is 2470. The number of anilines is 2. The highest BCUT2D eigenvalue weighted by Gasteiger charge is 2.54. The fourth-order valence-electron chi connectivity index (χ4n) is 11.0. The highest BCUT2D eigenvalue weighted by molar-refractivity contribution is 5.94. The SMILES string of the molecule is CC1(C)c2cc(-c3ccc(Nc4ccc(-c5nc6ccccc6o5)cc4)cc3)ccc2-c2c(-c3ccccc3C3C4CC5CC(C4)C3C5)cccc21. The first-order chi connectivity index (χ1) is 25.5. The minimum atomic E-state index is -0.0811. The summed E-state index contributed by atoms with van der Waals surface area (Å²) < 4.78 is 5.96. The maximum Gasteiger partial charge on any atom is 0.227 e. The van der Waals surface area contributed by atoms with E-state index in [0.29, 0.717) is 5.89 Å². The summed E-state index contributed by atoms with van der Waals surface area (Å²) in [5.41, 5.74) is 17.3. The molecule has 3 nitrogen and oxygen atoms in total. The summed E-state index contributed by atoms with van der Waals surface area (Å²) >= 11 is 0. The number of benzene rings is 6. The summed E-state index contributed by atoms with van der Waals surface area (Å²) in [6.07, 6.45) is 5.85. The van der Waals surface area contributed by atoms with E-state index in [1.807, 2.05) is 24.3 Å². The standard InChI is InChI=1S/C49H42N2O/c1-49(2)42-11-7-10-39(37-8-3-4-9-38(37)46-34-25-29-24-33(27-34)41(46)26-29)47(42)40-23-18-32(28-43(40)49)30-14-19-35(20-15-30)50-36-21-16-31(17-22-36)48-51-44-12-5-6-13-45(44)52-48/h3-23,28-29,33-34,41,46,50H,24-27H2,1-2H3. The molecule has 5 unspecified atom stereocenters. The fourth-order valence-corrected chi connectivity index (χ4v) is 11.0. The van der Waals surface area contributed by atoms with Crippen molar-refractivity contribution in [2.45, 2.75) is 50.9 Å². The second kappa shape index (κ2) is 11.3. The van der Waals surface area contributed by atoms with Crippen molar-refractivity contribution in [1.82, 2.24) is 4.98 Å². The third kappa shape index (κ3) is 4.61. The van der Waals surface area contributed by atoms with Gasteiger partial charge in [-0.1, -0.05) is 92.7 Å². The van der Waals surface area contributed by atoms with Crippen molar-refractivity contribution in [3.05, 3.63) is 150 Å². The molecule has 0 spiro atoms. The van der Waals surface area contributed by atoms with Crippen molar-refractivity contribution in [3.63, 3.8) is 0 Å². The number of hydrogen-bond donors (Lipinski definition) is 1. The van der Waals surface area contributed by atoms with E-state index < -0.39 is 0 Å². The largest absolute Gasteiger partial charge is 0.436 e. The average Bonchev–Trinajstić information content (AvgIpc) is 3.87. The molecule has 254 valence electrons. The van der Waals surface area contributed by atoms with E-state index in [1.54, 1.807) is 5.56 Å². The molecule has 4 bridgehead atoms. The van der Waals surface area contributed by atoms with Gasteiger partial charge in [-0.3, -0.25) is 0 Å². The second-order valence-electron chi connectivity index (χ2n) is 16.5. The molecule has 5 aliphatic carbocycles. The number of hydrogen-bond acceptors (Lipinski definition) is 3. The van der Waals surface area contributed by atoms with Crippen LogP contribution in [0.2, 0.25) is 0 Å². The molecule has 4 saturated carbocycles. The number of fused-ring (bicyclic) bond motifs is 4. The van der Waals surface area contributed by atoms with Crippen molar-refractivity contribution >= 4 is 22.5 Å². The summed E-state index contributed by atoms with van der Waals surface area (Å²) in [5.74, 6) is 5.09. The highest BCUT2D eigenvalue weighted by atomic mass is 16.3. The van der Waals surface area contributed by atoms with Gasteiger partial charge in [0.1, 0.15) is 5.52 Å². The van der Waals surface area contributed by atoms with E-state index in [1.165, 1.54) is 70.2 Å². The van der Waals surface area contributed by atoms with Gasteiger partial charge in [0.15, 0.2) is 5.58 Å². The fraction of sp³-hybridized carbons (Fsp3) is 0.245. The summed E-state index contributed by atoms with van der Waals surface area (Å²) in [4.78, 5) is 4.64. The molecule has 3 heteroatoms. The Kier molecular flexibility index (Phi) is 6.57. The molecule has 5 aliphatic rings. The van der Waals surface area contributed by atoms with Crippen LogP contribution in [0.4, 0.5) is 11.4 Å². The van der Waals surface area contributed by atoms with Gasteiger partial charge in [0, 0.05) is 22.4 Å². The zero-order valence-electron chi connectivity index (χ0n) is 29.8. The first-order valence-corrected chi connectivity index (χ1v) is 19.2. The van der Waals surface area contributed by atoms with Crippen molar-refractivity contribution in [1.29, 1.82) is 0 Å². The van der Waals surface area contributed by atoms with Gasteiger partial charge in [-0.15, -0.1) is 0 Å². The van der Waals surface area contributed by atoms with Crippen LogP contribution in [0.15, 0.2) is 138 Å². The zero-order chi connectivity index (χ0) is 34.6. The van der Waals surface area contributed by atoms with Gasteiger partial charge < -0.3 is 9.73 Å². The molecule has 1 heterocycles. The molecule has 12 rings (SSSR count). The van der Waals surface area contributed by atoms with Crippen molar-refractivity contribution in [2.75, 3.05) is 5.32 Å². The average molecular weight is 675 g/mol. The Balaban J connectivity index is 0.879. The Labute approximate surface area is 305 Å². The van der Waals surface area contributed by atoms with E-state index >= 15 is 0 Å². The van der Waals surface area contributed by atoms with Gasteiger partial charge >= 0.3 is 0 Å². The van der Waals surface area contributed by atoms with Crippen molar-refractivity contribution in [2.24, 2.45) is 23.7 Å². The Hall–Kier alpha value is -5.41. The third-order valence-corrected chi connectivity index (χ3v) is 13.3. The Morgan fingerprint density at radius 1 is 0.596 bits per heavy atom. The van der Waals surface area contributed by atoms with Crippen molar-refractivity contribution in [3.8, 4) is 44.8 Å². The van der Waals surface area contributed by atoms with Gasteiger partial charge in [0.25, 0.3) is 0 Å². The van der Waals surface area contributed by atoms with Crippen LogP contribution < -0.4 is 5.32 Å². The van der Waals surface area contributed by atoms with Gasteiger partial charge in [0.05, 0.1) is 0 Å². The van der Waals surface area contributed by atoms with Crippen LogP contribution in [-0.4, -0.2) is 4.98 Å². The molecule has 6 aromatic carbocycles. The van der Waals surface area contributed by atoms with E-state index in [9.17, 15) is 0 Å². The number of nitrogens with zero attached hydrogens (tertiary/aromatic N) is 1. The molecule has 0 amide bonds. The lowest BCUT2D eigenvalue weighted by atomic mass is 9.71. The van der Waals surface area contributed by atoms with Crippen LogP contribution in [-0.2, 0) is 5.41 Å². The third-order valence-electron chi connectivity index (χ3n) is 13.3. The highest BCUT2D eigenvalue weighted by Crippen LogP contribution is 2.65. The summed E-state index contributed by atoms with van der Waals surface area (Å²) in [6, 6.07) is 48.7. The molecule has 0 aliphatic heterocycles. The lowest BCUT2D eigenvalue weighted by molar-refractivity contribution is 0.249. The van der Waals surface area contributed by atoms with E-state index in [2.05, 4.69) is 133 Å². The minimum Gasteiger partial charge on any atom is -0.436 e. The molecule has 7 aromatic rings. The quantitative estimate of drug-likeness (QED) is 0.191. The number of aromatic nitrogens is 1. The number of rotatable bonds is 6. The summed E-state index contributed by atoms with van der Waals surface area (Å²) in [6.45, 7) is 4.82. The van der Waals surface area contributed by atoms with Gasteiger partial charge in [-0.2, -0.15) is 0 Å². The Morgan fingerprint density at radius 3 is 2.12 bits per heavy atom. The first-order valence-electron chi connectivity index (χ1n) is 19.2. The van der Waals surface area contributed by atoms with Gasteiger partial charge in [0.2, 0.25) is 5.89 Å². The molecule has 0 radical (unpaired) electrons. The second-order valence-corrected chi connectivity index (χ2v) is 16.5. The van der Waals surface area contributed by atoms with Crippen LogP contribution in [0.5, 0.6) is 0 Å². The lowest BCUT2D eigenvalue weighted by Gasteiger charge is -2.34. The van der Waals surface area contributed by atoms with Crippen LogP contribution in [0.25, 0.3) is 55.9 Å². The molecule has 4 fully saturated rings. The first kappa shape index (κ1) is 30.2. The van der Waals surface area contributed by atoms with Crippen LogP contribution in [0.1, 0.15) is 62.1 Å². The monoisotopic (exact) mass is 674 g/mol. The summed E-state index contributed by atoms with van der Waals surface area (Å²) in [5, 5.41) is 3.57. The molecular formula is C49H42N2O. The van der Waals surface area contributed by atoms with Crippen molar-refractivity contribution < 1.29 is 4.42 Å². The van der Waals surface area contributed by atoms with Gasteiger partial charge in [-0.25, -0.2) is 4.98 Å². The predicted octanol–water partition coefficient (Wildman–Crippen LogP) is 13.0. The smallest absolute Gasteiger partial charge is 0.227 e. The number of nitrogens with one attached hydrogen (secondary N) is 1. The molecule has 0 saturated heterocycles. The molecule has 52 heavy (non-hydrogen) atoms. The molecule has 1 aromatic heterocycles. The normalized spacial score (nSPS) is 23.2. The number of oxazole rings is 1. The van der Waals surface area contributed by atoms with Gasteiger partial charge in [-0.05, 0) is 160 Å². The van der Waals surface area contributed by atoms with E-state index in [0.717, 1.165) is 57.6 Å². The van der Waals surface area contributed by atoms with Crippen LogP contribution in [0.3, 0.4) is 0 Å². The topological polar surface area (TPSA) is 38.1 Å². The Morgan fingerprint density at radius 2 is 1.31 bits per heavy atom. The molecule has 1 N–H and O–H groups in total. The minimum absolute atomic E-state index is 0.0811. The maximum absolute atomic E-state index is 5.96. The number of para-hydroxylation sites is 2. The van der Waals surface area contributed by atoms with E-state index in [-0.39, 0.29) is 5.41 Å². The van der Waals surface area contributed by atoms with Crippen LogP contribution >= 0.6 is 0 Å². The molecular weight excluding hydrogens is 633 g/mol. The maximum atomic E-state index is 5.96. The summed E-state index contributed by atoms with van der Waals surface area (Å²) in [7, 11) is 0.